The number of benzene rings is 1. The SMILES string of the molecule is Cc1ccc(CNC(=O)N(C)CCCC(=O)O)cc1. The number of carbonyl (C=O) groups excluding carboxylic acids is 1. The summed E-state index contributed by atoms with van der Waals surface area (Å²) >= 11 is 0. The second-order valence-corrected chi connectivity index (χ2v) is 4.56. The molecule has 19 heavy (non-hydrogen) atoms. The van der Waals surface area contributed by atoms with E-state index in [1.165, 1.54) is 10.5 Å². The zero-order chi connectivity index (χ0) is 14.3. The van der Waals surface area contributed by atoms with Gasteiger partial charge in [0.2, 0.25) is 0 Å². The van der Waals surface area contributed by atoms with Crippen LogP contribution in [0.25, 0.3) is 0 Å². The van der Waals surface area contributed by atoms with Gasteiger partial charge in [0.15, 0.2) is 0 Å². The fraction of sp³-hybridized carbons (Fsp3) is 0.429. The van der Waals surface area contributed by atoms with E-state index in [1.54, 1.807) is 7.05 Å². The van der Waals surface area contributed by atoms with Gasteiger partial charge in [0, 0.05) is 26.6 Å². The first-order valence-corrected chi connectivity index (χ1v) is 6.25. The first-order chi connectivity index (χ1) is 8.99. The van der Waals surface area contributed by atoms with Crippen molar-refractivity contribution in [2.45, 2.75) is 26.3 Å². The minimum atomic E-state index is -0.839. The number of carbonyl (C=O) groups is 2. The predicted molar refractivity (Wildman–Crippen MR) is 72.9 cm³/mol. The zero-order valence-corrected chi connectivity index (χ0v) is 11.3. The number of nitrogens with one attached hydrogen (secondary N) is 1. The second-order valence-electron chi connectivity index (χ2n) is 4.56. The molecule has 0 aromatic heterocycles. The molecule has 1 rings (SSSR count). The number of urea groups is 1. The first kappa shape index (κ1) is 15.0. The third kappa shape index (κ3) is 5.90. The molecule has 1 aromatic rings. The van der Waals surface area contributed by atoms with Gasteiger partial charge in [0.25, 0.3) is 0 Å². The Morgan fingerprint density at radius 3 is 2.47 bits per heavy atom. The summed E-state index contributed by atoms with van der Waals surface area (Å²) < 4.78 is 0. The quantitative estimate of drug-likeness (QED) is 0.825. The number of carboxylic acid groups (broad SMARTS) is 1. The lowest BCUT2D eigenvalue weighted by molar-refractivity contribution is -0.137. The van der Waals surface area contributed by atoms with Crippen molar-refractivity contribution < 1.29 is 14.7 Å². The molecule has 0 bridgehead atoms. The standard InChI is InChI=1S/C14H20N2O3/c1-11-5-7-12(8-6-11)10-15-14(19)16(2)9-3-4-13(17)18/h5-8H,3-4,9-10H2,1-2H3,(H,15,19)(H,17,18). The molecule has 1 aromatic carbocycles. The molecule has 0 saturated heterocycles. The highest BCUT2D eigenvalue weighted by atomic mass is 16.4. The molecule has 5 heteroatoms. The Labute approximate surface area is 113 Å². The van der Waals surface area contributed by atoms with Gasteiger partial charge in [-0.1, -0.05) is 29.8 Å². The van der Waals surface area contributed by atoms with Gasteiger partial charge in [-0.2, -0.15) is 0 Å². The van der Waals surface area contributed by atoms with Crippen LogP contribution in [0.2, 0.25) is 0 Å². The van der Waals surface area contributed by atoms with E-state index in [9.17, 15) is 9.59 Å². The van der Waals surface area contributed by atoms with E-state index < -0.39 is 5.97 Å². The Bertz CT molecular complexity index is 429. The number of hydrogen-bond acceptors (Lipinski definition) is 2. The van der Waals surface area contributed by atoms with Crippen molar-refractivity contribution >= 4 is 12.0 Å². The van der Waals surface area contributed by atoms with Crippen molar-refractivity contribution in [3.63, 3.8) is 0 Å². The minimum absolute atomic E-state index is 0.0790. The van der Waals surface area contributed by atoms with Crippen LogP contribution in [0.4, 0.5) is 4.79 Å². The van der Waals surface area contributed by atoms with E-state index in [4.69, 9.17) is 5.11 Å². The molecule has 2 amide bonds. The summed E-state index contributed by atoms with van der Waals surface area (Å²) in [5.74, 6) is -0.839. The van der Waals surface area contributed by atoms with Crippen molar-refractivity contribution in [3.8, 4) is 0 Å². The third-order valence-corrected chi connectivity index (χ3v) is 2.80. The van der Waals surface area contributed by atoms with Crippen LogP contribution in [0.5, 0.6) is 0 Å². The molecule has 0 unspecified atom stereocenters. The highest BCUT2D eigenvalue weighted by Gasteiger charge is 2.08. The van der Waals surface area contributed by atoms with Crippen molar-refractivity contribution in [2.24, 2.45) is 0 Å². The lowest BCUT2D eigenvalue weighted by atomic mass is 10.1. The summed E-state index contributed by atoms with van der Waals surface area (Å²) in [5.41, 5.74) is 2.22. The van der Waals surface area contributed by atoms with Gasteiger partial charge >= 0.3 is 12.0 Å². The van der Waals surface area contributed by atoms with Gasteiger partial charge in [0.1, 0.15) is 0 Å². The first-order valence-electron chi connectivity index (χ1n) is 6.25. The number of hydrogen-bond donors (Lipinski definition) is 2. The summed E-state index contributed by atoms with van der Waals surface area (Å²) in [6.07, 6.45) is 0.541. The molecule has 0 atom stereocenters. The maximum absolute atomic E-state index is 11.7. The van der Waals surface area contributed by atoms with Crippen LogP contribution in [0.15, 0.2) is 24.3 Å². The van der Waals surface area contributed by atoms with Gasteiger partial charge in [-0.15, -0.1) is 0 Å². The van der Waals surface area contributed by atoms with Crippen molar-refractivity contribution in [3.05, 3.63) is 35.4 Å². The van der Waals surface area contributed by atoms with Crippen LogP contribution in [-0.2, 0) is 11.3 Å². The molecule has 0 heterocycles. The molecule has 0 aliphatic rings. The largest absolute Gasteiger partial charge is 0.481 e. The van der Waals surface area contributed by atoms with E-state index in [-0.39, 0.29) is 12.5 Å². The Morgan fingerprint density at radius 2 is 1.89 bits per heavy atom. The molecule has 0 aliphatic carbocycles. The number of nitrogens with zero attached hydrogens (tertiary/aromatic N) is 1. The third-order valence-electron chi connectivity index (χ3n) is 2.80. The molecule has 0 aliphatic heterocycles. The van der Waals surface area contributed by atoms with E-state index >= 15 is 0 Å². The minimum Gasteiger partial charge on any atom is -0.481 e. The Balaban J connectivity index is 2.30. The summed E-state index contributed by atoms with van der Waals surface area (Å²) in [6.45, 7) is 2.92. The van der Waals surface area contributed by atoms with Crippen LogP contribution in [0, 0.1) is 6.92 Å². The maximum atomic E-state index is 11.7. The van der Waals surface area contributed by atoms with Crippen molar-refractivity contribution in [2.75, 3.05) is 13.6 Å². The average molecular weight is 264 g/mol. The zero-order valence-electron chi connectivity index (χ0n) is 11.3. The monoisotopic (exact) mass is 264 g/mol. The van der Waals surface area contributed by atoms with Crippen LogP contribution in [0.3, 0.4) is 0 Å². The number of amides is 2. The van der Waals surface area contributed by atoms with E-state index in [2.05, 4.69) is 5.32 Å². The smallest absolute Gasteiger partial charge is 0.317 e. The Hall–Kier alpha value is -2.04. The number of aryl methyl sites for hydroxylation is 1. The molecule has 104 valence electrons. The lowest BCUT2D eigenvalue weighted by Crippen LogP contribution is -2.37. The number of carboxylic acids is 1. The summed E-state index contributed by atoms with van der Waals surface area (Å²) in [5, 5.41) is 11.3. The van der Waals surface area contributed by atoms with Crippen LogP contribution < -0.4 is 5.32 Å². The molecular formula is C14H20N2O3. The van der Waals surface area contributed by atoms with Crippen molar-refractivity contribution in [1.82, 2.24) is 10.2 Å². The normalized spacial score (nSPS) is 10.0. The van der Waals surface area contributed by atoms with E-state index in [0.717, 1.165) is 5.56 Å². The van der Waals surface area contributed by atoms with Gasteiger partial charge < -0.3 is 15.3 Å². The Kier molecular flexibility index (Phi) is 5.85. The fourth-order valence-electron chi connectivity index (χ4n) is 1.59. The van der Waals surface area contributed by atoms with Crippen LogP contribution >= 0.6 is 0 Å². The van der Waals surface area contributed by atoms with Crippen molar-refractivity contribution in [1.29, 1.82) is 0 Å². The van der Waals surface area contributed by atoms with Crippen LogP contribution in [-0.4, -0.2) is 35.6 Å². The molecule has 0 spiro atoms. The molecule has 0 radical (unpaired) electrons. The predicted octanol–water partition coefficient (Wildman–Crippen LogP) is 2.00. The van der Waals surface area contributed by atoms with E-state index in [1.807, 2.05) is 31.2 Å². The topological polar surface area (TPSA) is 69.6 Å². The highest BCUT2D eigenvalue weighted by Crippen LogP contribution is 2.03. The Morgan fingerprint density at radius 1 is 1.26 bits per heavy atom. The molecule has 5 nitrogen and oxygen atoms in total. The summed E-state index contributed by atoms with van der Waals surface area (Å²) in [4.78, 5) is 23.6. The highest BCUT2D eigenvalue weighted by molar-refractivity contribution is 5.74. The second kappa shape index (κ2) is 7.41. The van der Waals surface area contributed by atoms with E-state index in [0.29, 0.717) is 19.5 Å². The molecule has 2 N–H and O–H groups in total. The molecule has 0 fully saturated rings. The van der Waals surface area contributed by atoms with Gasteiger partial charge in [-0.05, 0) is 18.9 Å². The summed E-state index contributed by atoms with van der Waals surface area (Å²) in [6, 6.07) is 7.75. The molecule has 0 saturated carbocycles. The summed E-state index contributed by atoms with van der Waals surface area (Å²) in [7, 11) is 1.66. The van der Waals surface area contributed by atoms with Gasteiger partial charge in [0.05, 0.1) is 0 Å². The molecular weight excluding hydrogens is 244 g/mol. The average Bonchev–Trinajstić information content (AvgIpc) is 2.37. The fourth-order valence-corrected chi connectivity index (χ4v) is 1.59. The lowest BCUT2D eigenvalue weighted by Gasteiger charge is -2.17. The maximum Gasteiger partial charge on any atom is 0.317 e. The number of rotatable bonds is 6. The number of aliphatic carboxylic acids is 1. The van der Waals surface area contributed by atoms with Crippen LogP contribution in [0.1, 0.15) is 24.0 Å². The van der Waals surface area contributed by atoms with Gasteiger partial charge in [-0.3, -0.25) is 4.79 Å². The van der Waals surface area contributed by atoms with Gasteiger partial charge in [-0.25, -0.2) is 4.79 Å².